The van der Waals surface area contributed by atoms with E-state index in [9.17, 15) is 9.59 Å². The average molecular weight is 388 g/mol. The zero-order valence-corrected chi connectivity index (χ0v) is 14.1. The van der Waals surface area contributed by atoms with Crippen LogP contribution in [0.2, 0.25) is 0 Å². The van der Waals surface area contributed by atoms with Crippen LogP contribution in [0.25, 0.3) is 10.9 Å². The maximum atomic E-state index is 12.6. The van der Waals surface area contributed by atoms with Crippen molar-refractivity contribution in [2.75, 3.05) is 0 Å². The van der Waals surface area contributed by atoms with E-state index in [0.29, 0.717) is 11.1 Å². The van der Waals surface area contributed by atoms with Crippen molar-refractivity contribution in [1.82, 2.24) is 15.3 Å². The molecule has 6 nitrogen and oxygen atoms in total. The fourth-order valence-electron chi connectivity index (χ4n) is 2.50. The van der Waals surface area contributed by atoms with Crippen LogP contribution in [-0.4, -0.2) is 27.0 Å². The molecule has 7 heteroatoms. The zero-order chi connectivity index (χ0) is 17.1. The number of hydrogen-bond acceptors (Lipinski definition) is 3. The molecule has 1 amide bonds. The van der Waals surface area contributed by atoms with Crippen LogP contribution in [-0.2, 0) is 4.79 Å². The first kappa shape index (κ1) is 16.2. The van der Waals surface area contributed by atoms with Gasteiger partial charge < -0.3 is 15.4 Å². The van der Waals surface area contributed by atoms with Crippen molar-refractivity contribution < 1.29 is 14.7 Å². The van der Waals surface area contributed by atoms with Crippen molar-refractivity contribution in [3.63, 3.8) is 0 Å². The summed E-state index contributed by atoms with van der Waals surface area (Å²) in [4.78, 5) is 30.9. The van der Waals surface area contributed by atoms with Gasteiger partial charge in [0.2, 0.25) is 0 Å². The van der Waals surface area contributed by atoms with Crippen molar-refractivity contribution in [1.29, 1.82) is 0 Å². The van der Waals surface area contributed by atoms with Gasteiger partial charge in [0.25, 0.3) is 5.91 Å². The molecule has 0 saturated heterocycles. The first-order valence-corrected chi connectivity index (χ1v) is 8.04. The lowest BCUT2D eigenvalue weighted by molar-refractivity contribution is -0.137. The molecule has 3 aromatic rings. The van der Waals surface area contributed by atoms with Gasteiger partial charge in [0, 0.05) is 22.3 Å². The third-order valence-electron chi connectivity index (χ3n) is 3.65. The molecule has 3 rings (SSSR count). The van der Waals surface area contributed by atoms with Crippen LogP contribution in [0.4, 0.5) is 0 Å². The number of carboxylic acids is 1. The van der Waals surface area contributed by atoms with Crippen LogP contribution in [0.3, 0.4) is 0 Å². The molecule has 3 N–H and O–H groups in total. The summed E-state index contributed by atoms with van der Waals surface area (Å²) in [7, 11) is 0. The molecule has 1 atom stereocenters. The Hall–Kier alpha value is -2.67. The normalized spacial score (nSPS) is 12.0. The van der Waals surface area contributed by atoms with E-state index in [2.05, 4.69) is 31.2 Å². The molecule has 0 radical (unpaired) electrons. The largest absolute Gasteiger partial charge is 0.481 e. The number of benzene rings is 1. The summed E-state index contributed by atoms with van der Waals surface area (Å²) in [6, 6.07) is 10.2. The van der Waals surface area contributed by atoms with E-state index in [1.165, 1.54) is 0 Å². The number of aliphatic carboxylic acids is 1. The number of rotatable bonds is 5. The van der Waals surface area contributed by atoms with Gasteiger partial charge in [-0.25, -0.2) is 4.98 Å². The molecule has 1 aromatic carbocycles. The van der Waals surface area contributed by atoms with E-state index in [-0.39, 0.29) is 12.1 Å². The second-order valence-corrected chi connectivity index (χ2v) is 6.19. The Balaban J connectivity index is 1.89. The first-order chi connectivity index (χ1) is 11.5. The van der Waals surface area contributed by atoms with Crippen molar-refractivity contribution in [3.8, 4) is 0 Å². The van der Waals surface area contributed by atoms with E-state index in [1.807, 2.05) is 6.07 Å². The quantitative estimate of drug-likeness (QED) is 0.625. The number of fused-ring (bicyclic) bond motifs is 1. The minimum atomic E-state index is -0.991. The van der Waals surface area contributed by atoms with Gasteiger partial charge in [-0.15, -0.1) is 0 Å². The Bertz CT molecular complexity index is 889. The number of aromatic amines is 1. The zero-order valence-electron chi connectivity index (χ0n) is 12.5. The fourth-order valence-corrected chi connectivity index (χ4v) is 2.77. The van der Waals surface area contributed by atoms with Crippen molar-refractivity contribution in [3.05, 3.63) is 64.5 Å². The molecule has 122 valence electrons. The van der Waals surface area contributed by atoms with Gasteiger partial charge in [0.15, 0.2) is 5.69 Å². The fraction of sp³-hybridized carbons (Fsp3) is 0.118. The van der Waals surface area contributed by atoms with E-state index in [1.54, 1.807) is 42.7 Å². The monoisotopic (exact) mass is 387 g/mol. The highest BCUT2D eigenvalue weighted by atomic mass is 79.9. The summed E-state index contributed by atoms with van der Waals surface area (Å²) >= 11 is 3.34. The maximum Gasteiger partial charge on any atom is 0.305 e. The van der Waals surface area contributed by atoms with Gasteiger partial charge in [0.1, 0.15) is 0 Å². The topological polar surface area (TPSA) is 95.1 Å². The standard InChI is InChI=1S/C17H14BrN3O3/c18-12-3-1-10(2-4-12)13(9-14(22)23)21-17(24)16-15-11(5-7-19-15)6-8-20-16/h1-8,13,19H,9H2,(H,21,24)(H,22,23)/t13-/m1/s1. The highest BCUT2D eigenvalue weighted by molar-refractivity contribution is 9.10. The maximum absolute atomic E-state index is 12.6. The molecule has 2 aromatic heterocycles. The number of hydrogen-bond donors (Lipinski definition) is 3. The first-order valence-electron chi connectivity index (χ1n) is 7.25. The van der Waals surface area contributed by atoms with Gasteiger partial charge in [-0.05, 0) is 29.8 Å². The molecule has 0 unspecified atom stereocenters. The van der Waals surface area contributed by atoms with Crippen LogP contribution in [0.5, 0.6) is 0 Å². The summed E-state index contributed by atoms with van der Waals surface area (Å²) in [6.07, 6.45) is 3.07. The number of carbonyl (C=O) groups excluding carboxylic acids is 1. The van der Waals surface area contributed by atoms with Crippen LogP contribution in [0.15, 0.2) is 53.3 Å². The summed E-state index contributed by atoms with van der Waals surface area (Å²) in [5.41, 5.74) is 1.58. The summed E-state index contributed by atoms with van der Waals surface area (Å²) < 4.78 is 0.879. The lowest BCUT2D eigenvalue weighted by Gasteiger charge is -2.17. The highest BCUT2D eigenvalue weighted by Crippen LogP contribution is 2.21. The van der Waals surface area contributed by atoms with E-state index in [4.69, 9.17) is 5.11 Å². The Morgan fingerprint density at radius 2 is 1.96 bits per heavy atom. The number of carboxylic acid groups (broad SMARTS) is 1. The Kier molecular flexibility index (Phi) is 4.61. The summed E-state index contributed by atoms with van der Waals surface area (Å²) in [5.74, 6) is -1.41. The van der Waals surface area contributed by atoms with Crippen LogP contribution in [0, 0.1) is 0 Å². The molecule has 0 aliphatic carbocycles. The van der Waals surface area contributed by atoms with Gasteiger partial charge in [-0.3, -0.25) is 9.59 Å². The molecular formula is C17H14BrN3O3. The molecule has 0 spiro atoms. The second-order valence-electron chi connectivity index (χ2n) is 5.28. The Morgan fingerprint density at radius 1 is 1.21 bits per heavy atom. The van der Waals surface area contributed by atoms with Crippen LogP contribution >= 0.6 is 15.9 Å². The number of pyridine rings is 1. The smallest absolute Gasteiger partial charge is 0.305 e. The number of amides is 1. The van der Waals surface area contributed by atoms with E-state index >= 15 is 0 Å². The SMILES string of the molecule is O=C(O)C[C@@H](NC(=O)c1nccc2cc[nH]c12)c1ccc(Br)cc1. The van der Waals surface area contributed by atoms with Gasteiger partial charge >= 0.3 is 5.97 Å². The predicted octanol–water partition coefficient (Wildman–Crippen LogP) is 3.27. The number of halogens is 1. The summed E-state index contributed by atoms with van der Waals surface area (Å²) in [5, 5.41) is 12.8. The molecule has 0 aliphatic rings. The Labute approximate surface area is 146 Å². The van der Waals surface area contributed by atoms with Crippen molar-refractivity contribution in [2.45, 2.75) is 12.5 Å². The van der Waals surface area contributed by atoms with Gasteiger partial charge in [-0.1, -0.05) is 28.1 Å². The second kappa shape index (κ2) is 6.84. The van der Waals surface area contributed by atoms with E-state index in [0.717, 1.165) is 9.86 Å². The molecule has 0 aliphatic heterocycles. The highest BCUT2D eigenvalue weighted by Gasteiger charge is 2.21. The molecule has 0 bridgehead atoms. The minimum Gasteiger partial charge on any atom is -0.481 e. The molecule has 24 heavy (non-hydrogen) atoms. The molecular weight excluding hydrogens is 374 g/mol. The van der Waals surface area contributed by atoms with Crippen LogP contribution < -0.4 is 5.32 Å². The number of nitrogens with zero attached hydrogens (tertiary/aromatic N) is 1. The predicted molar refractivity (Wildman–Crippen MR) is 92.7 cm³/mol. The molecule has 2 heterocycles. The summed E-state index contributed by atoms with van der Waals surface area (Å²) in [6.45, 7) is 0. The lowest BCUT2D eigenvalue weighted by Crippen LogP contribution is -2.31. The number of carbonyl (C=O) groups is 2. The van der Waals surface area contributed by atoms with Crippen LogP contribution in [0.1, 0.15) is 28.5 Å². The third-order valence-corrected chi connectivity index (χ3v) is 4.17. The molecule has 0 fully saturated rings. The van der Waals surface area contributed by atoms with Gasteiger partial charge in [-0.2, -0.15) is 0 Å². The lowest BCUT2D eigenvalue weighted by atomic mass is 10.0. The average Bonchev–Trinajstić information content (AvgIpc) is 3.03. The number of aromatic nitrogens is 2. The third kappa shape index (κ3) is 3.46. The van der Waals surface area contributed by atoms with Gasteiger partial charge in [0.05, 0.1) is 18.0 Å². The molecule has 0 saturated carbocycles. The number of H-pyrrole nitrogens is 1. The number of nitrogens with one attached hydrogen (secondary N) is 2. The van der Waals surface area contributed by atoms with E-state index < -0.39 is 17.9 Å². The van der Waals surface area contributed by atoms with Crippen molar-refractivity contribution in [2.24, 2.45) is 0 Å². The minimum absolute atomic E-state index is 0.214. The Morgan fingerprint density at radius 3 is 2.67 bits per heavy atom. The van der Waals surface area contributed by atoms with Crippen molar-refractivity contribution >= 4 is 38.7 Å².